The van der Waals surface area contributed by atoms with Crippen molar-refractivity contribution in [2.45, 2.75) is 6.18 Å². The standard InChI is InChI=1S/C8H7F3N2O2/c1-15-7(14)4-2-13-3-5(12)6(4)8(9,10)11/h2-3H,12H2,1H3. The van der Waals surface area contributed by atoms with E-state index < -0.39 is 29.0 Å². The molecule has 0 saturated heterocycles. The van der Waals surface area contributed by atoms with Crippen molar-refractivity contribution in [2.75, 3.05) is 12.8 Å². The average Bonchev–Trinajstić information content (AvgIpc) is 2.14. The normalized spacial score (nSPS) is 11.2. The molecule has 0 aromatic carbocycles. The lowest BCUT2D eigenvalue weighted by atomic mass is 10.1. The Kier molecular flexibility index (Phi) is 2.83. The first-order valence-electron chi connectivity index (χ1n) is 3.77. The molecule has 7 heteroatoms. The van der Waals surface area contributed by atoms with E-state index in [1.54, 1.807) is 0 Å². The molecule has 0 fully saturated rings. The van der Waals surface area contributed by atoms with Gasteiger partial charge in [-0.2, -0.15) is 13.2 Å². The Bertz CT molecular complexity index is 390. The zero-order valence-corrected chi connectivity index (χ0v) is 7.63. The Labute approximate surface area is 82.9 Å². The molecule has 0 spiro atoms. The SMILES string of the molecule is COC(=O)c1cncc(N)c1C(F)(F)F. The van der Waals surface area contributed by atoms with E-state index in [0.29, 0.717) is 0 Å². The van der Waals surface area contributed by atoms with Crippen molar-refractivity contribution in [3.8, 4) is 0 Å². The molecule has 0 saturated carbocycles. The predicted molar refractivity (Wildman–Crippen MR) is 45.0 cm³/mol. The molecular formula is C8H7F3N2O2. The number of nitrogens with zero attached hydrogens (tertiary/aromatic N) is 1. The highest BCUT2D eigenvalue weighted by molar-refractivity contribution is 5.92. The number of hydrogen-bond donors (Lipinski definition) is 1. The molecular weight excluding hydrogens is 213 g/mol. The lowest BCUT2D eigenvalue weighted by Crippen LogP contribution is -2.17. The number of anilines is 1. The van der Waals surface area contributed by atoms with E-state index in [-0.39, 0.29) is 0 Å². The molecule has 0 unspecified atom stereocenters. The van der Waals surface area contributed by atoms with Crippen LogP contribution in [0.3, 0.4) is 0 Å². The van der Waals surface area contributed by atoms with Crippen molar-refractivity contribution in [3.63, 3.8) is 0 Å². The van der Waals surface area contributed by atoms with Crippen LogP contribution in [0.1, 0.15) is 15.9 Å². The topological polar surface area (TPSA) is 65.2 Å². The van der Waals surface area contributed by atoms with E-state index in [2.05, 4.69) is 9.72 Å². The summed E-state index contributed by atoms with van der Waals surface area (Å²) >= 11 is 0. The lowest BCUT2D eigenvalue weighted by Gasteiger charge is -2.12. The minimum absolute atomic E-state index is 0.606. The fourth-order valence-electron chi connectivity index (χ4n) is 1.06. The molecule has 1 heterocycles. The third-order valence-corrected chi connectivity index (χ3v) is 1.66. The molecule has 82 valence electrons. The van der Waals surface area contributed by atoms with Crippen LogP contribution in [0.15, 0.2) is 12.4 Å². The van der Waals surface area contributed by atoms with E-state index in [1.165, 1.54) is 0 Å². The van der Waals surface area contributed by atoms with Crippen molar-refractivity contribution in [3.05, 3.63) is 23.5 Å². The molecule has 0 aliphatic heterocycles. The summed E-state index contributed by atoms with van der Waals surface area (Å²) in [5.41, 5.74) is 2.60. The second-order valence-corrected chi connectivity index (χ2v) is 2.64. The number of aromatic nitrogens is 1. The second-order valence-electron chi connectivity index (χ2n) is 2.64. The maximum Gasteiger partial charge on any atom is 0.419 e. The Hall–Kier alpha value is -1.79. The van der Waals surface area contributed by atoms with Crippen LogP contribution >= 0.6 is 0 Å². The summed E-state index contributed by atoms with van der Waals surface area (Å²) in [6, 6.07) is 0. The molecule has 1 rings (SSSR count). The fraction of sp³-hybridized carbons (Fsp3) is 0.250. The van der Waals surface area contributed by atoms with Gasteiger partial charge in [0.2, 0.25) is 0 Å². The summed E-state index contributed by atoms with van der Waals surface area (Å²) in [5, 5.41) is 0. The van der Waals surface area contributed by atoms with Gasteiger partial charge in [-0.15, -0.1) is 0 Å². The molecule has 4 nitrogen and oxygen atoms in total. The van der Waals surface area contributed by atoms with E-state index in [9.17, 15) is 18.0 Å². The molecule has 1 aromatic heterocycles. The largest absolute Gasteiger partial charge is 0.465 e. The predicted octanol–water partition coefficient (Wildman–Crippen LogP) is 1.47. The smallest absolute Gasteiger partial charge is 0.419 e. The maximum atomic E-state index is 12.5. The summed E-state index contributed by atoms with van der Waals surface area (Å²) in [7, 11) is 0.978. The Morgan fingerprint density at radius 3 is 2.53 bits per heavy atom. The number of carbonyl (C=O) groups excluding carboxylic acids is 1. The van der Waals surface area contributed by atoms with Gasteiger partial charge in [0.1, 0.15) is 0 Å². The van der Waals surface area contributed by atoms with Crippen molar-refractivity contribution in [1.29, 1.82) is 0 Å². The van der Waals surface area contributed by atoms with E-state index in [0.717, 1.165) is 19.5 Å². The Balaban J connectivity index is 3.40. The summed E-state index contributed by atoms with van der Waals surface area (Å²) in [4.78, 5) is 14.4. The van der Waals surface area contributed by atoms with Crippen LogP contribution < -0.4 is 5.73 Å². The third-order valence-electron chi connectivity index (χ3n) is 1.66. The first-order valence-corrected chi connectivity index (χ1v) is 3.77. The van der Waals surface area contributed by atoms with Crippen molar-refractivity contribution in [1.82, 2.24) is 4.98 Å². The second kappa shape index (κ2) is 3.76. The first-order chi connectivity index (χ1) is 6.88. The minimum Gasteiger partial charge on any atom is -0.465 e. The van der Waals surface area contributed by atoms with Gasteiger partial charge in [0.05, 0.1) is 30.1 Å². The molecule has 1 aromatic rings. The highest BCUT2D eigenvalue weighted by Crippen LogP contribution is 2.35. The van der Waals surface area contributed by atoms with Crippen LogP contribution in [-0.2, 0) is 10.9 Å². The van der Waals surface area contributed by atoms with Gasteiger partial charge >= 0.3 is 12.1 Å². The lowest BCUT2D eigenvalue weighted by molar-refractivity contribution is -0.137. The van der Waals surface area contributed by atoms with Crippen LogP contribution in [0.4, 0.5) is 18.9 Å². The van der Waals surface area contributed by atoms with Crippen LogP contribution in [-0.4, -0.2) is 18.1 Å². The minimum atomic E-state index is -4.71. The van der Waals surface area contributed by atoms with Gasteiger partial charge in [-0.1, -0.05) is 0 Å². The first kappa shape index (κ1) is 11.3. The monoisotopic (exact) mass is 220 g/mol. The molecule has 0 radical (unpaired) electrons. The molecule has 0 atom stereocenters. The van der Waals surface area contributed by atoms with E-state index >= 15 is 0 Å². The van der Waals surface area contributed by atoms with Gasteiger partial charge in [-0.05, 0) is 0 Å². The molecule has 0 amide bonds. The molecule has 2 N–H and O–H groups in total. The number of esters is 1. The number of halogens is 3. The number of rotatable bonds is 1. The number of alkyl halides is 3. The van der Waals surface area contributed by atoms with Gasteiger partial charge in [-0.3, -0.25) is 4.98 Å². The Morgan fingerprint density at radius 2 is 2.07 bits per heavy atom. The maximum absolute atomic E-state index is 12.5. The highest BCUT2D eigenvalue weighted by atomic mass is 19.4. The van der Waals surface area contributed by atoms with Crippen LogP contribution in [0, 0.1) is 0 Å². The van der Waals surface area contributed by atoms with Crippen molar-refractivity contribution in [2.24, 2.45) is 0 Å². The molecule has 0 aliphatic carbocycles. The van der Waals surface area contributed by atoms with Crippen LogP contribution in [0.5, 0.6) is 0 Å². The van der Waals surface area contributed by atoms with Crippen molar-refractivity contribution < 1.29 is 22.7 Å². The molecule has 0 aliphatic rings. The Morgan fingerprint density at radius 1 is 1.47 bits per heavy atom. The van der Waals surface area contributed by atoms with Gasteiger partial charge in [-0.25, -0.2) is 4.79 Å². The number of methoxy groups -OCH3 is 1. The van der Waals surface area contributed by atoms with Gasteiger partial charge in [0.15, 0.2) is 0 Å². The molecule has 0 bridgehead atoms. The summed E-state index contributed by atoms with van der Waals surface area (Å²) in [6.07, 6.45) is -3.11. The van der Waals surface area contributed by atoms with E-state index in [4.69, 9.17) is 5.73 Å². The van der Waals surface area contributed by atoms with Gasteiger partial charge in [0.25, 0.3) is 0 Å². The zero-order chi connectivity index (χ0) is 11.6. The summed E-state index contributed by atoms with van der Waals surface area (Å²) in [6.45, 7) is 0. The summed E-state index contributed by atoms with van der Waals surface area (Å²) in [5.74, 6) is -1.12. The number of pyridine rings is 1. The van der Waals surface area contributed by atoms with E-state index in [1.807, 2.05) is 0 Å². The average molecular weight is 220 g/mol. The number of nitrogen functional groups attached to an aromatic ring is 1. The zero-order valence-electron chi connectivity index (χ0n) is 7.63. The van der Waals surface area contributed by atoms with Gasteiger partial charge < -0.3 is 10.5 Å². The van der Waals surface area contributed by atoms with Crippen LogP contribution in [0.2, 0.25) is 0 Å². The van der Waals surface area contributed by atoms with Crippen molar-refractivity contribution >= 4 is 11.7 Å². The quantitative estimate of drug-likeness (QED) is 0.728. The number of ether oxygens (including phenoxy) is 1. The number of carbonyl (C=O) groups is 1. The summed E-state index contributed by atoms with van der Waals surface area (Å²) < 4.78 is 41.7. The number of nitrogens with two attached hydrogens (primary N) is 1. The third kappa shape index (κ3) is 2.17. The van der Waals surface area contributed by atoms with Gasteiger partial charge in [0, 0.05) is 6.20 Å². The fourth-order valence-corrected chi connectivity index (χ4v) is 1.06. The van der Waals surface area contributed by atoms with Crippen LogP contribution in [0.25, 0.3) is 0 Å². The molecule has 15 heavy (non-hydrogen) atoms. The number of hydrogen-bond acceptors (Lipinski definition) is 4. The highest BCUT2D eigenvalue weighted by Gasteiger charge is 2.38.